The van der Waals surface area contributed by atoms with E-state index in [1.54, 1.807) is 19.9 Å². The molecule has 3 N–H and O–H groups in total. The highest BCUT2D eigenvalue weighted by atomic mass is 19.1. The number of rotatable bonds is 2. The Labute approximate surface area is 129 Å². The summed E-state index contributed by atoms with van der Waals surface area (Å²) in [5.74, 6) is -2.82. The molecule has 0 spiro atoms. The third-order valence-electron chi connectivity index (χ3n) is 3.76. The van der Waals surface area contributed by atoms with Gasteiger partial charge in [0.1, 0.15) is 17.2 Å². The SMILES string of the molecule is Cc1cc2[nH]c(=O)[nH]c2c(NC(=O)c2c(F)cccc2F)c1C. The highest BCUT2D eigenvalue weighted by molar-refractivity contribution is 6.09. The number of aromatic amines is 2. The van der Waals surface area contributed by atoms with Gasteiger partial charge in [-0.25, -0.2) is 13.6 Å². The van der Waals surface area contributed by atoms with Crippen molar-refractivity contribution in [2.45, 2.75) is 13.8 Å². The lowest BCUT2D eigenvalue weighted by Crippen LogP contribution is -2.17. The molecule has 23 heavy (non-hydrogen) atoms. The van der Waals surface area contributed by atoms with Crippen molar-refractivity contribution in [3.8, 4) is 0 Å². The first-order chi connectivity index (χ1) is 10.9. The smallest absolute Gasteiger partial charge is 0.320 e. The van der Waals surface area contributed by atoms with Gasteiger partial charge in [0.05, 0.1) is 16.7 Å². The van der Waals surface area contributed by atoms with Crippen molar-refractivity contribution in [1.29, 1.82) is 0 Å². The molecule has 3 rings (SSSR count). The van der Waals surface area contributed by atoms with Crippen LogP contribution in [0.4, 0.5) is 14.5 Å². The molecule has 2 aromatic carbocycles. The van der Waals surface area contributed by atoms with Crippen LogP contribution in [-0.2, 0) is 0 Å². The van der Waals surface area contributed by atoms with Crippen LogP contribution >= 0.6 is 0 Å². The van der Waals surface area contributed by atoms with E-state index in [9.17, 15) is 18.4 Å². The van der Waals surface area contributed by atoms with E-state index >= 15 is 0 Å². The molecule has 1 amide bonds. The number of carbonyl (C=O) groups excluding carboxylic acids is 1. The molecule has 5 nitrogen and oxygen atoms in total. The highest BCUT2D eigenvalue weighted by Crippen LogP contribution is 2.28. The number of benzene rings is 2. The molecule has 0 aliphatic carbocycles. The first-order valence-electron chi connectivity index (χ1n) is 6.86. The molecule has 0 atom stereocenters. The maximum atomic E-state index is 13.7. The molecule has 0 saturated heterocycles. The van der Waals surface area contributed by atoms with Gasteiger partial charge in [-0.3, -0.25) is 4.79 Å². The summed E-state index contributed by atoms with van der Waals surface area (Å²) in [6.07, 6.45) is 0. The Morgan fingerprint density at radius 1 is 1.13 bits per heavy atom. The Morgan fingerprint density at radius 2 is 1.78 bits per heavy atom. The van der Waals surface area contributed by atoms with Crippen LogP contribution in [0.2, 0.25) is 0 Å². The number of halogens is 2. The van der Waals surface area contributed by atoms with E-state index in [1.165, 1.54) is 6.07 Å². The standard InChI is InChI=1S/C16H13F2N3O2/c1-7-6-11-14(21-16(23)19-11)13(8(7)2)20-15(22)12-9(17)4-3-5-10(12)18/h3-6H,1-2H3,(H,20,22)(H2,19,21,23). The molecule has 7 heteroatoms. The van der Waals surface area contributed by atoms with Crippen molar-refractivity contribution in [2.75, 3.05) is 5.32 Å². The third-order valence-corrected chi connectivity index (χ3v) is 3.76. The maximum Gasteiger partial charge on any atom is 0.323 e. The number of H-pyrrole nitrogens is 2. The van der Waals surface area contributed by atoms with Crippen molar-refractivity contribution in [3.05, 3.63) is 63.1 Å². The monoisotopic (exact) mass is 317 g/mol. The van der Waals surface area contributed by atoms with Gasteiger partial charge < -0.3 is 15.3 Å². The van der Waals surface area contributed by atoms with Crippen LogP contribution in [-0.4, -0.2) is 15.9 Å². The van der Waals surface area contributed by atoms with E-state index in [-0.39, 0.29) is 0 Å². The largest absolute Gasteiger partial charge is 0.323 e. The van der Waals surface area contributed by atoms with Crippen molar-refractivity contribution >= 4 is 22.6 Å². The van der Waals surface area contributed by atoms with Crippen LogP contribution < -0.4 is 11.0 Å². The Kier molecular flexibility index (Phi) is 3.48. The Hall–Kier alpha value is -2.96. The first kappa shape index (κ1) is 15.0. The van der Waals surface area contributed by atoms with Crippen molar-refractivity contribution < 1.29 is 13.6 Å². The van der Waals surface area contributed by atoms with Gasteiger partial charge in [0, 0.05) is 0 Å². The predicted octanol–water partition coefficient (Wildman–Crippen LogP) is 3.00. The highest BCUT2D eigenvalue weighted by Gasteiger charge is 2.20. The van der Waals surface area contributed by atoms with Crippen molar-refractivity contribution in [2.24, 2.45) is 0 Å². The molecule has 0 bridgehead atoms. The minimum atomic E-state index is -0.952. The molecule has 3 aromatic rings. The summed E-state index contributed by atoms with van der Waals surface area (Å²) in [7, 11) is 0. The number of hydrogen-bond acceptors (Lipinski definition) is 2. The fourth-order valence-electron chi connectivity index (χ4n) is 2.46. The van der Waals surface area contributed by atoms with Gasteiger partial charge in [-0.1, -0.05) is 6.07 Å². The Bertz CT molecular complexity index is 969. The first-order valence-corrected chi connectivity index (χ1v) is 6.86. The van der Waals surface area contributed by atoms with E-state index in [0.29, 0.717) is 22.3 Å². The minimum absolute atomic E-state index is 0.311. The summed E-state index contributed by atoms with van der Waals surface area (Å²) in [4.78, 5) is 28.9. The molecule has 0 aliphatic rings. The number of nitrogens with one attached hydrogen (secondary N) is 3. The van der Waals surface area contributed by atoms with Gasteiger partial charge in [-0.05, 0) is 43.2 Å². The maximum absolute atomic E-state index is 13.7. The summed E-state index contributed by atoms with van der Waals surface area (Å²) >= 11 is 0. The quantitative estimate of drug-likeness (QED) is 0.679. The van der Waals surface area contributed by atoms with Gasteiger partial charge in [0.25, 0.3) is 5.91 Å². The normalized spacial score (nSPS) is 11.0. The molecular formula is C16H13F2N3O2. The molecule has 1 heterocycles. The van der Waals surface area contributed by atoms with Crippen LogP contribution in [0.5, 0.6) is 0 Å². The van der Waals surface area contributed by atoms with Gasteiger partial charge in [-0.15, -0.1) is 0 Å². The molecule has 0 unspecified atom stereocenters. The average molecular weight is 317 g/mol. The molecule has 0 saturated carbocycles. The van der Waals surface area contributed by atoms with Crippen LogP contribution in [0.3, 0.4) is 0 Å². The van der Waals surface area contributed by atoms with Gasteiger partial charge in [0.15, 0.2) is 0 Å². The van der Waals surface area contributed by atoms with E-state index in [4.69, 9.17) is 0 Å². The second-order valence-corrected chi connectivity index (χ2v) is 5.25. The number of aromatic nitrogens is 2. The lowest BCUT2D eigenvalue weighted by Gasteiger charge is -2.12. The number of anilines is 1. The number of imidazole rings is 1. The summed E-state index contributed by atoms with van der Waals surface area (Å²) in [5.41, 5.74) is 1.60. The molecule has 1 aromatic heterocycles. The molecule has 118 valence electrons. The zero-order chi connectivity index (χ0) is 16.7. The van der Waals surface area contributed by atoms with Crippen molar-refractivity contribution in [1.82, 2.24) is 9.97 Å². The second-order valence-electron chi connectivity index (χ2n) is 5.25. The summed E-state index contributed by atoms with van der Waals surface area (Å²) < 4.78 is 27.5. The van der Waals surface area contributed by atoms with Crippen molar-refractivity contribution in [3.63, 3.8) is 0 Å². The van der Waals surface area contributed by atoms with Crippen LogP contribution in [0.25, 0.3) is 11.0 Å². The van der Waals surface area contributed by atoms with E-state index in [2.05, 4.69) is 15.3 Å². The Morgan fingerprint density at radius 3 is 2.43 bits per heavy atom. The van der Waals surface area contributed by atoms with E-state index in [1.807, 2.05) is 0 Å². The number of carbonyl (C=O) groups is 1. The Balaban J connectivity index is 2.13. The minimum Gasteiger partial charge on any atom is -0.320 e. The van der Waals surface area contributed by atoms with Crippen LogP contribution in [0.15, 0.2) is 29.1 Å². The third kappa shape index (κ3) is 2.50. The molecule has 0 aliphatic heterocycles. The van der Waals surface area contributed by atoms with Gasteiger partial charge in [-0.2, -0.15) is 0 Å². The lowest BCUT2D eigenvalue weighted by molar-refractivity contribution is 0.101. The fourth-order valence-corrected chi connectivity index (χ4v) is 2.46. The van der Waals surface area contributed by atoms with E-state index < -0.39 is 28.8 Å². The van der Waals surface area contributed by atoms with Gasteiger partial charge >= 0.3 is 5.69 Å². The molecular weight excluding hydrogens is 304 g/mol. The number of amides is 1. The summed E-state index contributed by atoms with van der Waals surface area (Å²) in [6.45, 7) is 3.55. The van der Waals surface area contributed by atoms with E-state index in [0.717, 1.165) is 17.7 Å². The zero-order valence-corrected chi connectivity index (χ0v) is 12.4. The molecule has 0 fully saturated rings. The number of fused-ring (bicyclic) bond motifs is 1. The second kappa shape index (κ2) is 5.35. The summed E-state index contributed by atoms with van der Waals surface area (Å²) in [6, 6.07) is 4.95. The average Bonchev–Trinajstić information content (AvgIpc) is 2.83. The topological polar surface area (TPSA) is 77.8 Å². The number of aryl methyl sites for hydroxylation is 1. The lowest BCUT2D eigenvalue weighted by atomic mass is 10.1. The van der Waals surface area contributed by atoms with Crippen LogP contribution in [0, 0.1) is 25.5 Å². The van der Waals surface area contributed by atoms with Gasteiger partial charge in [0.2, 0.25) is 0 Å². The predicted molar refractivity (Wildman–Crippen MR) is 82.7 cm³/mol. The number of hydrogen-bond donors (Lipinski definition) is 3. The van der Waals surface area contributed by atoms with Crippen LogP contribution in [0.1, 0.15) is 21.5 Å². The fraction of sp³-hybridized carbons (Fsp3) is 0.125. The molecule has 0 radical (unpaired) electrons. The zero-order valence-electron chi connectivity index (χ0n) is 12.4. The summed E-state index contributed by atoms with van der Waals surface area (Å²) in [5, 5.41) is 2.50.